The molecule has 0 unspecified atom stereocenters. The van der Waals surface area contributed by atoms with Crippen molar-refractivity contribution >= 4 is 17.4 Å². The lowest BCUT2D eigenvalue weighted by Crippen LogP contribution is -2.09. The highest BCUT2D eigenvalue weighted by molar-refractivity contribution is 6.08. The molecule has 0 fully saturated rings. The number of anilines is 1. The molecular formula is C27H34N2O2. The van der Waals surface area contributed by atoms with Crippen LogP contribution in [0.5, 0.6) is 0 Å². The first kappa shape index (κ1) is 24.1. The second-order valence-electron chi connectivity index (χ2n) is 8.51. The van der Waals surface area contributed by atoms with Gasteiger partial charge in [-0.1, -0.05) is 69.7 Å². The van der Waals surface area contributed by atoms with Crippen molar-refractivity contribution in [1.82, 2.24) is 4.57 Å². The molecule has 1 amide bonds. The van der Waals surface area contributed by atoms with E-state index in [4.69, 9.17) is 0 Å². The van der Waals surface area contributed by atoms with Crippen molar-refractivity contribution in [2.75, 3.05) is 5.32 Å². The van der Waals surface area contributed by atoms with Crippen LogP contribution >= 0.6 is 0 Å². The number of amides is 1. The Morgan fingerprint density at radius 1 is 0.806 bits per heavy atom. The van der Waals surface area contributed by atoms with Crippen molar-refractivity contribution in [3.8, 4) is 0 Å². The number of benzene rings is 2. The fourth-order valence-corrected chi connectivity index (χ4v) is 3.34. The third-order valence-electron chi connectivity index (χ3n) is 5.20. The lowest BCUT2D eigenvalue weighted by atomic mass is 10.0. The van der Waals surface area contributed by atoms with E-state index in [1.54, 1.807) is 0 Å². The lowest BCUT2D eigenvalue weighted by molar-refractivity contribution is -0.114. The SMILES string of the molecule is CC(=O)Nc1ccc(C(C)C)cc1.Cc1ccc(C(=O)c2ccc(C(C)C)n2C)cc1. The molecule has 0 bridgehead atoms. The van der Waals surface area contributed by atoms with Crippen LogP contribution in [0, 0.1) is 6.92 Å². The Kier molecular flexibility index (Phi) is 8.38. The van der Waals surface area contributed by atoms with Crippen molar-refractivity contribution in [2.24, 2.45) is 7.05 Å². The number of aromatic nitrogens is 1. The molecule has 4 heteroatoms. The van der Waals surface area contributed by atoms with Crippen molar-refractivity contribution in [3.05, 3.63) is 88.7 Å². The Labute approximate surface area is 186 Å². The van der Waals surface area contributed by atoms with Gasteiger partial charge in [0.2, 0.25) is 11.7 Å². The normalized spacial score (nSPS) is 10.6. The molecule has 1 N–H and O–H groups in total. The molecule has 2 aromatic carbocycles. The third-order valence-corrected chi connectivity index (χ3v) is 5.20. The topological polar surface area (TPSA) is 51.1 Å². The first-order chi connectivity index (χ1) is 14.6. The minimum Gasteiger partial charge on any atom is -0.345 e. The molecule has 0 saturated carbocycles. The van der Waals surface area contributed by atoms with Crippen molar-refractivity contribution in [2.45, 2.75) is 53.4 Å². The van der Waals surface area contributed by atoms with E-state index in [1.165, 1.54) is 23.7 Å². The average Bonchev–Trinajstić information content (AvgIpc) is 3.10. The Hall–Kier alpha value is -3.14. The smallest absolute Gasteiger partial charge is 0.221 e. The number of aryl methyl sites for hydroxylation is 1. The summed E-state index contributed by atoms with van der Waals surface area (Å²) in [6.07, 6.45) is 0. The summed E-state index contributed by atoms with van der Waals surface area (Å²) in [7, 11) is 1.96. The number of carbonyl (C=O) groups is 2. The van der Waals surface area contributed by atoms with E-state index in [9.17, 15) is 9.59 Å². The minimum atomic E-state index is -0.0303. The van der Waals surface area contributed by atoms with Crippen molar-refractivity contribution < 1.29 is 9.59 Å². The van der Waals surface area contributed by atoms with Crippen molar-refractivity contribution in [1.29, 1.82) is 0 Å². The van der Waals surface area contributed by atoms with Crippen LogP contribution in [0.15, 0.2) is 60.7 Å². The van der Waals surface area contributed by atoms with Gasteiger partial charge in [0.1, 0.15) is 0 Å². The van der Waals surface area contributed by atoms with Crippen LogP contribution < -0.4 is 5.32 Å². The van der Waals surface area contributed by atoms with Crippen LogP contribution in [0.1, 0.15) is 79.3 Å². The summed E-state index contributed by atoms with van der Waals surface area (Å²) in [5, 5.41) is 2.73. The van der Waals surface area contributed by atoms with Gasteiger partial charge in [-0.3, -0.25) is 9.59 Å². The summed E-state index contributed by atoms with van der Waals surface area (Å²) in [6.45, 7) is 12.1. The molecule has 0 aliphatic rings. The van der Waals surface area contributed by atoms with E-state index >= 15 is 0 Å². The zero-order valence-corrected chi connectivity index (χ0v) is 19.7. The van der Waals surface area contributed by atoms with Gasteiger partial charge < -0.3 is 9.88 Å². The van der Waals surface area contributed by atoms with Crippen LogP contribution in [0.2, 0.25) is 0 Å². The van der Waals surface area contributed by atoms with Gasteiger partial charge in [-0.15, -0.1) is 0 Å². The predicted molar refractivity (Wildman–Crippen MR) is 129 cm³/mol. The Balaban J connectivity index is 0.000000233. The van der Waals surface area contributed by atoms with E-state index in [2.05, 4.69) is 33.0 Å². The molecule has 0 radical (unpaired) electrons. The first-order valence-electron chi connectivity index (χ1n) is 10.7. The van der Waals surface area contributed by atoms with Crippen LogP contribution in [0.3, 0.4) is 0 Å². The van der Waals surface area contributed by atoms with Gasteiger partial charge in [0.25, 0.3) is 0 Å². The molecule has 0 atom stereocenters. The fraction of sp³-hybridized carbons (Fsp3) is 0.333. The van der Waals surface area contributed by atoms with Gasteiger partial charge in [-0.05, 0) is 48.6 Å². The van der Waals surface area contributed by atoms with E-state index in [1.807, 2.05) is 79.2 Å². The number of ketones is 1. The highest BCUT2D eigenvalue weighted by atomic mass is 16.1. The summed E-state index contributed by atoms with van der Waals surface area (Å²) in [6, 6.07) is 19.6. The quantitative estimate of drug-likeness (QED) is 0.484. The second kappa shape index (κ2) is 10.8. The molecule has 0 spiro atoms. The van der Waals surface area contributed by atoms with E-state index in [-0.39, 0.29) is 11.7 Å². The summed E-state index contributed by atoms with van der Waals surface area (Å²) < 4.78 is 1.99. The summed E-state index contributed by atoms with van der Waals surface area (Å²) >= 11 is 0. The number of nitrogens with zero attached hydrogens (tertiary/aromatic N) is 1. The van der Waals surface area contributed by atoms with Gasteiger partial charge in [0, 0.05) is 30.9 Å². The van der Waals surface area contributed by atoms with E-state index in [0.29, 0.717) is 11.8 Å². The number of hydrogen-bond acceptors (Lipinski definition) is 2. The zero-order valence-electron chi connectivity index (χ0n) is 19.7. The molecule has 164 valence electrons. The number of hydrogen-bond donors (Lipinski definition) is 1. The molecule has 4 nitrogen and oxygen atoms in total. The maximum absolute atomic E-state index is 12.4. The van der Waals surface area contributed by atoms with E-state index in [0.717, 1.165) is 16.9 Å². The monoisotopic (exact) mass is 418 g/mol. The molecular weight excluding hydrogens is 384 g/mol. The molecule has 0 aliphatic heterocycles. The van der Waals surface area contributed by atoms with Gasteiger partial charge in [0.15, 0.2) is 0 Å². The van der Waals surface area contributed by atoms with Crippen LogP contribution in [0.4, 0.5) is 5.69 Å². The van der Waals surface area contributed by atoms with Gasteiger partial charge in [-0.2, -0.15) is 0 Å². The van der Waals surface area contributed by atoms with Crippen LogP contribution in [-0.4, -0.2) is 16.3 Å². The molecule has 31 heavy (non-hydrogen) atoms. The zero-order chi connectivity index (χ0) is 23.1. The Morgan fingerprint density at radius 3 is 1.84 bits per heavy atom. The largest absolute Gasteiger partial charge is 0.345 e. The molecule has 1 heterocycles. The highest BCUT2D eigenvalue weighted by Crippen LogP contribution is 2.20. The second-order valence-corrected chi connectivity index (χ2v) is 8.51. The summed E-state index contributed by atoms with van der Waals surface area (Å²) in [4.78, 5) is 23.1. The predicted octanol–water partition coefficient (Wildman–Crippen LogP) is 6.46. The fourth-order valence-electron chi connectivity index (χ4n) is 3.34. The van der Waals surface area contributed by atoms with Gasteiger partial charge >= 0.3 is 0 Å². The average molecular weight is 419 g/mol. The Morgan fingerprint density at radius 2 is 1.39 bits per heavy atom. The lowest BCUT2D eigenvalue weighted by Gasteiger charge is -2.09. The minimum absolute atomic E-state index is 0.0303. The number of rotatable bonds is 5. The maximum atomic E-state index is 12.4. The molecule has 0 aliphatic carbocycles. The first-order valence-corrected chi connectivity index (χ1v) is 10.7. The van der Waals surface area contributed by atoms with E-state index < -0.39 is 0 Å². The van der Waals surface area contributed by atoms with Crippen LogP contribution in [0.25, 0.3) is 0 Å². The Bertz CT molecular complexity index is 1010. The van der Waals surface area contributed by atoms with Crippen LogP contribution in [-0.2, 0) is 11.8 Å². The van der Waals surface area contributed by atoms with Gasteiger partial charge in [0.05, 0.1) is 5.69 Å². The molecule has 1 aromatic heterocycles. The number of nitrogens with one attached hydrogen (secondary N) is 1. The molecule has 3 rings (SSSR count). The van der Waals surface area contributed by atoms with Gasteiger partial charge in [-0.25, -0.2) is 0 Å². The molecule has 0 saturated heterocycles. The number of carbonyl (C=O) groups excluding carboxylic acids is 2. The summed E-state index contributed by atoms with van der Waals surface area (Å²) in [5.41, 5.74) is 6.00. The van der Waals surface area contributed by atoms with Crippen molar-refractivity contribution in [3.63, 3.8) is 0 Å². The standard InChI is InChI=1S/C16H19NO.C11H15NO/c1-11(2)14-9-10-15(17(14)4)16(18)13-7-5-12(3)6-8-13;1-8(2)10-4-6-11(7-5-10)12-9(3)13/h5-11H,1-4H3;4-8H,1-3H3,(H,12,13). The highest BCUT2D eigenvalue weighted by Gasteiger charge is 2.15. The molecule has 3 aromatic rings. The maximum Gasteiger partial charge on any atom is 0.221 e. The summed E-state index contributed by atoms with van der Waals surface area (Å²) in [5.74, 6) is 1.02. The third kappa shape index (κ3) is 6.68.